The maximum atomic E-state index is 12.4. The zero-order chi connectivity index (χ0) is 28.8. The van der Waals surface area contributed by atoms with Crippen molar-refractivity contribution in [2.24, 2.45) is 0 Å². The van der Waals surface area contributed by atoms with Gasteiger partial charge < -0.3 is 24.6 Å². The third kappa shape index (κ3) is 7.09. The van der Waals surface area contributed by atoms with Gasteiger partial charge in [0, 0.05) is 44.3 Å². The van der Waals surface area contributed by atoms with Crippen LogP contribution in [0.1, 0.15) is 49.8 Å². The first-order valence-corrected chi connectivity index (χ1v) is 14.4. The summed E-state index contributed by atoms with van der Waals surface area (Å²) < 4.78 is 11.1. The molecule has 1 aliphatic carbocycles. The molecule has 3 aromatic carbocycles. The number of fused-ring (bicyclic) bond motifs is 3. The maximum Gasteiger partial charge on any atom is 0.410 e. The van der Waals surface area contributed by atoms with Crippen molar-refractivity contribution < 1.29 is 19.1 Å². The summed E-state index contributed by atoms with van der Waals surface area (Å²) in [6.45, 7) is 9.33. The monoisotopic (exact) mass is 553 g/mol. The second-order valence-corrected chi connectivity index (χ2v) is 11.5. The molecule has 1 heterocycles. The van der Waals surface area contributed by atoms with Gasteiger partial charge in [0.2, 0.25) is 0 Å². The second kappa shape index (κ2) is 12.5. The van der Waals surface area contributed by atoms with Crippen molar-refractivity contribution in [3.05, 3.63) is 95.6 Å². The SMILES string of the molecule is CC(C)(C)OC(=O)N1CCN(c2ccc(C=CCCNC(=O)OCC3c4ccccc4-c4ccccc43)cc2)CC1. The lowest BCUT2D eigenvalue weighted by atomic mass is 9.98. The molecule has 3 aromatic rings. The molecule has 1 saturated heterocycles. The Morgan fingerprint density at radius 1 is 0.878 bits per heavy atom. The molecule has 0 atom stereocenters. The highest BCUT2D eigenvalue weighted by atomic mass is 16.6. The standard InChI is InChI=1S/C34H39N3O4/c1-34(2,3)41-33(39)37-22-20-36(21-23-37)26-17-15-25(16-18-26)10-8-9-19-35-32(38)40-24-31-29-13-6-4-11-27(29)28-12-5-7-14-30(28)31/h4-8,10-18,31H,9,19-24H2,1-3H3,(H,35,38). The molecule has 2 aliphatic rings. The summed E-state index contributed by atoms with van der Waals surface area (Å²) in [5.41, 5.74) is 6.61. The molecule has 1 aliphatic heterocycles. The number of nitrogens with zero attached hydrogens (tertiary/aromatic N) is 2. The maximum absolute atomic E-state index is 12.4. The van der Waals surface area contributed by atoms with Gasteiger partial charge in [0.1, 0.15) is 12.2 Å². The first kappa shape index (κ1) is 28.3. The summed E-state index contributed by atoms with van der Waals surface area (Å²) in [6, 6.07) is 25.0. The van der Waals surface area contributed by atoms with Gasteiger partial charge in [0.15, 0.2) is 0 Å². The highest BCUT2D eigenvalue weighted by Crippen LogP contribution is 2.44. The van der Waals surface area contributed by atoms with E-state index in [0.29, 0.717) is 32.7 Å². The fourth-order valence-electron chi connectivity index (χ4n) is 5.40. The zero-order valence-electron chi connectivity index (χ0n) is 24.1. The van der Waals surface area contributed by atoms with Gasteiger partial charge in [-0.3, -0.25) is 0 Å². The molecular formula is C34H39N3O4. The number of carbonyl (C=O) groups excluding carboxylic acids is 2. The van der Waals surface area contributed by atoms with Crippen LogP contribution in [0.2, 0.25) is 0 Å². The van der Waals surface area contributed by atoms with E-state index >= 15 is 0 Å². The number of alkyl carbamates (subject to hydrolysis) is 1. The first-order valence-electron chi connectivity index (χ1n) is 14.4. The van der Waals surface area contributed by atoms with Crippen LogP contribution in [-0.2, 0) is 9.47 Å². The molecule has 0 radical (unpaired) electrons. The lowest BCUT2D eigenvalue weighted by Crippen LogP contribution is -2.50. The number of hydrogen-bond acceptors (Lipinski definition) is 5. The van der Waals surface area contributed by atoms with E-state index < -0.39 is 11.7 Å². The highest BCUT2D eigenvalue weighted by Gasteiger charge is 2.29. The summed E-state index contributed by atoms with van der Waals surface area (Å²) in [4.78, 5) is 28.7. The number of ether oxygens (including phenoxy) is 2. The van der Waals surface area contributed by atoms with E-state index in [1.54, 1.807) is 4.90 Å². The number of carbonyl (C=O) groups is 2. The van der Waals surface area contributed by atoms with Gasteiger partial charge in [-0.1, -0.05) is 72.8 Å². The van der Waals surface area contributed by atoms with Crippen LogP contribution in [0.3, 0.4) is 0 Å². The van der Waals surface area contributed by atoms with E-state index in [1.165, 1.54) is 22.3 Å². The molecule has 1 fully saturated rings. The molecule has 0 aromatic heterocycles. The number of rotatable bonds is 7. The predicted molar refractivity (Wildman–Crippen MR) is 163 cm³/mol. The molecule has 0 bridgehead atoms. The third-order valence-electron chi connectivity index (χ3n) is 7.42. The van der Waals surface area contributed by atoms with E-state index in [-0.39, 0.29) is 12.0 Å². The van der Waals surface area contributed by atoms with Crippen molar-refractivity contribution in [3.8, 4) is 11.1 Å². The van der Waals surface area contributed by atoms with Crippen LogP contribution in [-0.4, -0.2) is 62.0 Å². The summed E-state index contributed by atoms with van der Waals surface area (Å²) in [5, 5.41) is 2.86. The van der Waals surface area contributed by atoms with Crippen LogP contribution in [0.4, 0.5) is 15.3 Å². The second-order valence-electron chi connectivity index (χ2n) is 11.5. The van der Waals surface area contributed by atoms with Gasteiger partial charge in [0.25, 0.3) is 0 Å². The van der Waals surface area contributed by atoms with Crippen molar-refractivity contribution in [1.29, 1.82) is 0 Å². The summed E-state index contributed by atoms with van der Waals surface area (Å²) in [6.07, 6.45) is 4.18. The van der Waals surface area contributed by atoms with Crippen molar-refractivity contribution in [1.82, 2.24) is 10.2 Å². The van der Waals surface area contributed by atoms with Crippen molar-refractivity contribution in [2.45, 2.75) is 38.7 Å². The Labute approximate surface area is 242 Å². The van der Waals surface area contributed by atoms with Gasteiger partial charge in [-0.05, 0) is 67.1 Å². The van der Waals surface area contributed by atoms with Crippen LogP contribution in [0.5, 0.6) is 0 Å². The van der Waals surface area contributed by atoms with E-state index in [0.717, 1.165) is 24.3 Å². The lowest BCUT2D eigenvalue weighted by Gasteiger charge is -2.36. The smallest absolute Gasteiger partial charge is 0.410 e. The minimum absolute atomic E-state index is 0.0601. The Morgan fingerprint density at radius 2 is 1.49 bits per heavy atom. The molecule has 0 saturated carbocycles. The highest BCUT2D eigenvalue weighted by molar-refractivity contribution is 5.79. The van der Waals surface area contributed by atoms with Crippen molar-refractivity contribution >= 4 is 23.9 Å². The Balaban J connectivity index is 1.02. The van der Waals surface area contributed by atoms with Gasteiger partial charge >= 0.3 is 12.2 Å². The molecule has 1 N–H and O–H groups in total. The van der Waals surface area contributed by atoms with Crippen LogP contribution < -0.4 is 10.2 Å². The quantitative estimate of drug-likeness (QED) is 0.330. The normalized spacial score (nSPS) is 15.0. The Morgan fingerprint density at radius 3 is 2.10 bits per heavy atom. The summed E-state index contributed by atoms with van der Waals surface area (Å²) in [7, 11) is 0. The molecular weight excluding hydrogens is 514 g/mol. The van der Waals surface area contributed by atoms with Gasteiger partial charge in [-0.25, -0.2) is 9.59 Å². The molecule has 0 spiro atoms. The summed E-state index contributed by atoms with van der Waals surface area (Å²) >= 11 is 0. The largest absolute Gasteiger partial charge is 0.449 e. The van der Waals surface area contributed by atoms with Gasteiger partial charge in [-0.2, -0.15) is 0 Å². The first-order chi connectivity index (χ1) is 19.8. The fourth-order valence-corrected chi connectivity index (χ4v) is 5.40. The van der Waals surface area contributed by atoms with Crippen molar-refractivity contribution in [3.63, 3.8) is 0 Å². The topological polar surface area (TPSA) is 71.1 Å². The Kier molecular flexibility index (Phi) is 8.62. The minimum Gasteiger partial charge on any atom is -0.449 e. The molecule has 0 unspecified atom stereocenters. The number of benzene rings is 3. The van der Waals surface area contributed by atoms with Crippen molar-refractivity contribution in [2.75, 3.05) is 44.2 Å². The van der Waals surface area contributed by atoms with Crippen LogP contribution in [0, 0.1) is 0 Å². The molecule has 214 valence electrons. The van der Waals surface area contributed by atoms with E-state index in [2.05, 4.69) is 70.9 Å². The number of nitrogens with one attached hydrogen (secondary N) is 1. The number of hydrogen-bond donors (Lipinski definition) is 1. The lowest BCUT2D eigenvalue weighted by molar-refractivity contribution is 0.0240. The van der Waals surface area contributed by atoms with Gasteiger partial charge in [-0.15, -0.1) is 0 Å². The third-order valence-corrected chi connectivity index (χ3v) is 7.42. The molecule has 7 nitrogen and oxygen atoms in total. The van der Waals surface area contributed by atoms with E-state index in [1.807, 2.05) is 45.0 Å². The van der Waals surface area contributed by atoms with Crippen LogP contribution in [0.25, 0.3) is 17.2 Å². The summed E-state index contributed by atoms with van der Waals surface area (Å²) in [5.74, 6) is 0.0601. The zero-order valence-corrected chi connectivity index (χ0v) is 24.1. The minimum atomic E-state index is -0.479. The Hall–Kier alpha value is -4.26. The molecule has 7 heteroatoms. The molecule has 41 heavy (non-hydrogen) atoms. The molecule has 5 rings (SSSR count). The number of anilines is 1. The average molecular weight is 554 g/mol. The number of piperazine rings is 1. The molecule has 2 amide bonds. The number of amides is 2. The average Bonchev–Trinajstić information content (AvgIpc) is 3.29. The Bertz CT molecular complexity index is 1340. The fraction of sp³-hybridized carbons (Fsp3) is 0.353. The van der Waals surface area contributed by atoms with Gasteiger partial charge in [0.05, 0.1) is 0 Å². The van der Waals surface area contributed by atoms with Crippen LogP contribution >= 0.6 is 0 Å². The van der Waals surface area contributed by atoms with Crippen LogP contribution in [0.15, 0.2) is 78.9 Å². The van der Waals surface area contributed by atoms with E-state index in [4.69, 9.17) is 9.47 Å². The predicted octanol–water partition coefficient (Wildman–Crippen LogP) is 6.69. The van der Waals surface area contributed by atoms with E-state index in [9.17, 15) is 9.59 Å².